The molecule has 0 unspecified atom stereocenters. The minimum atomic E-state index is -3.77. The van der Waals surface area contributed by atoms with Crippen LogP contribution in [0.1, 0.15) is 10.4 Å². The van der Waals surface area contributed by atoms with Gasteiger partial charge in [0.1, 0.15) is 18.1 Å². The maximum atomic E-state index is 12.4. The zero-order valence-corrected chi connectivity index (χ0v) is 13.7. The van der Waals surface area contributed by atoms with E-state index >= 15 is 0 Å². The molecule has 0 atom stereocenters. The third-order valence-corrected chi connectivity index (χ3v) is 4.89. The van der Waals surface area contributed by atoms with Gasteiger partial charge in [-0.05, 0) is 42.5 Å². The van der Waals surface area contributed by atoms with Gasteiger partial charge in [0, 0.05) is 5.69 Å². The van der Waals surface area contributed by atoms with E-state index in [4.69, 9.17) is 9.47 Å². The Balaban J connectivity index is 1.88. The zero-order chi connectivity index (χ0) is 17.2. The van der Waals surface area contributed by atoms with Crippen LogP contribution in [0.15, 0.2) is 47.4 Å². The number of amides is 1. The average Bonchev–Trinajstić information content (AvgIpc) is 2.76. The third-order valence-electron chi connectivity index (χ3n) is 3.49. The number of methoxy groups -OCH3 is 1. The number of fused-ring (bicyclic) bond motifs is 1. The Kier molecular flexibility index (Phi) is 4.30. The molecular weight excluding hydrogens is 332 g/mol. The number of hydrogen-bond donors (Lipinski definition) is 2. The molecule has 2 aromatic carbocycles. The van der Waals surface area contributed by atoms with Crippen molar-refractivity contribution in [2.24, 2.45) is 0 Å². The van der Waals surface area contributed by atoms with Crippen LogP contribution in [-0.4, -0.2) is 34.6 Å². The van der Waals surface area contributed by atoms with Gasteiger partial charge in [-0.1, -0.05) is 0 Å². The second-order valence-electron chi connectivity index (χ2n) is 5.10. The van der Waals surface area contributed by atoms with Gasteiger partial charge in [0.15, 0.2) is 0 Å². The van der Waals surface area contributed by atoms with Gasteiger partial charge in [-0.3, -0.25) is 9.52 Å². The molecular formula is C16H16N2O5S. The number of sulfonamides is 1. The van der Waals surface area contributed by atoms with E-state index in [0.717, 1.165) is 0 Å². The van der Waals surface area contributed by atoms with Crippen molar-refractivity contribution >= 4 is 21.6 Å². The van der Waals surface area contributed by atoms with E-state index in [1.165, 1.54) is 25.3 Å². The number of carbonyl (C=O) groups excluding carboxylic acids is 1. The molecule has 0 saturated heterocycles. The van der Waals surface area contributed by atoms with E-state index in [1.54, 1.807) is 24.3 Å². The summed E-state index contributed by atoms with van der Waals surface area (Å²) in [7, 11) is -2.26. The zero-order valence-electron chi connectivity index (χ0n) is 12.9. The predicted octanol–water partition coefficient (Wildman–Crippen LogP) is 1.62. The lowest BCUT2D eigenvalue weighted by Crippen LogP contribution is -2.24. The minimum absolute atomic E-state index is 0.0962. The van der Waals surface area contributed by atoms with Gasteiger partial charge >= 0.3 is 0 Å². The van der Waals surface area contributed by atoms with E-state index < -0.39 is 10.0 Å². The Morgan fingerprint density at radius 1 is 1.17 bits per heavy atom. The summed E-state index contributed by atoms with van der Waals surface area (Å²) in [5.41, 5.74) is 0.577. The van der Waals surface area contributed by atoms with Crippen LogP contribution in [0.5, 0.6) is 11.5 Å². The fraction of sp³-hybridized carbons (Fsp3) is 0.188. The summed E-state index contributed by atoms with van der Waals surface area (Å²) in [4.78, 5) is 12.1. The van der Waals surface area contributed by atoms with Crippen LogP contribution in [0.4, 0.5) is 5.69 Å². The molecule has 126 valence electrons. The molecule has 8 heteroatoms. The Bertz CT molecular complexity index is 863. The van der Waals surface area contributed by atoms with Crippen LogP contribution in [0.2, 0.25) is 0 Å². The molecule has 7 nitrogen and oxygen atoms in total. The molecule has 0 radical (unpaired) electrons. The standard InChI is InChI=1S/C16H16N2O5S/c1-22-12-3-5-13(6-4-12)24(20,21)18-11-2-7-15-14(10-11)16(19)17-8-9-23-15/h2-7,10,18H,8-9H2,1H3,(H,17,19). The van der Waals surface area contributed by atoms with E-state index in [0.29, 0.717) is 30.2 Å². The number of hydrogen-bond acceptors (Lipinski definition) is 5. The average molecular weight is 348 g/mol. The van der Waals surface area contributed by atoms with Crippen LogP contribution in [0.25, 0.3) is 0 Å². The van der Waals surface area contributed by atoms with Crippen molar-refractivity contribution in [3.63, 3.8) is 0 Å². The summed E-state index contributed by atoms with van der Waals surface area (Å²) in [5.74, 6) is 0.693. The number of benzene rings is 2. The van der Waals surface area contributed by atoms with Crippen molar-refractivity contribution in [1.82, 2.24) is 5.32 Å². The summed E-state index contributed by atoms with van der Waals surface area (Å²) < 4.78 is 37.8. The summed E-state index contributed by atoms with van der Waals surface area (Å²) in [6.45, 7) is 0.774. The minimum Gasteiger partial charge on any atom is -0.497 e. The molecule has 0 saturated carbocycles. The van der Waals surface area contributed by atoms with Crippen LogP contribution >= 0.6 is 0 Å². The Hall–Kier alpha value is -2.74. The molecule has 0 spiro atoms. The number of ether oxygens (including phenoxy) is 2. The summed E-state index contributed by atoms with van der Waals surface area (Å²) >= 11 is 0. The first-order valence-corrected chi connectivity index (χ1v) is 8.70. The van der Waals surface area contributed by atoms with Gasteiger partial charge in [0.25, 0.3) is 15.9 Å². The predicted molar refractivity (Wildman–Crippen MR) is 88.1 cm³/mol. The Morgan fingerprint density at radius 2 is 1.92 bits per heavy atom. The van der Waals surface area contributed by atoms with E-state index in [2.05, 4.69) is 10.0 Å². The second-order valence-corrected chi connectivity index (χ2v) is 6.78. The fourth-order valence-corrected chi connectivity index (χ4v) is 3.34. The lowest BCUT2D eigenvalue weighted by molar-refractivity contribution is 0.0957. The van der Waals surface area contributed by atoms with Gasteiger partial charge in [-0.15, -0.1) is 0 Å². The molecule has 3 rings (SSSR count). The van der Waals surface area contributed by atoms with Crippen molar-refractivity contribution in [2.45, 2.75) is 4.90 Å². The molecule has 0 aromatic heterocycles. The third kappa shape index (κ3) is 3.28. The molecule has 24 heavy (non-hydrogen) atoms. The molecule has 0 aliphatic carbocycles. The van der Waals surface area contributed by atoms with E-state index in [9.17, 15) is 13.2 Å². The number of rotatable bonds is 4. The Labute approximate surface area is 139 Å². The maximum Gasteiger partial charge on any atom is 0.261 e. The summed E-state index contributed by atoms with van der Waals surface area (Å²) in [6, 6.07) is 10.6. The highest BCUT2D eigenvalue weighted by Gasteiger charge is 2.19. The van der Waals surface area contributed by atoms with E-state index in [-0.39, 0.29) is 16.5 Å². The Morgan fingerprint density at radius 3 is 2.62 bits per heavy atom. The lowest BCUT2D eigenvalue weighted by atomic mass is 10.1. The van der Waals surface area contributed by atoms with Gasteiger partial charge in [0.05, 0.1) is 24.1 Å². The highest BCUT2D eigenvalue weighted by atomic mass is 32.2. The lowest BCUT2D eigenvalue weighted by Gasteiger charge is -2.11. The second kappa shape index (κ2) is 6.40. The first-order chi connectivity index (χ1) is 11.5. The highest BCUT2D eigenvalue weighted by Crippen LogP contribution is 2.26. The van der Waals surface area contributed by atoms with Crippen molar-refractivity contribution in [2.75, 3.05) is 25.0 Å². The number of anilines is 1. The molecule has 0 bridgehead atoms. The molecule has 1 aliphatic rings. The SMILES string of the molecule is COc1ccc(S(=O)(=O)Nc2ccc3c(c2)C(=O)NCCO3)cc1. The smallest absolute Gasteiger partial charge is 0.261 e. The normalized spacial score (nSPS) is 14.0. The van der Waals surface area contributed by atoms with Crippen molar-refractivity contribution in [3.05, 3.63) is 48.0 Å². The van der Waals surface area contributed by atoms with Gasteiger partial charge < -0.3 is 14.8 Å². The van der Waals surface area contributed by atoms with Crippen molar-refractivity contribution in [3.8, 4) is 11.5 Å². The largest absolute Gasteiger partial charge is 0.497 e. The van der Waals surface area contributed by atoms with Crippen LogP contribution < -0.4 is 19.5 Å². The monoisotopic (exact) mass is 348 g/mol. The van der Waals surface area contributed by atoms with Crippen LogP contribution in [0.3, 0.4) is 0 Å². The maximum absolute atomic E-state index is 12.4. The molecule has 1 amide bonds. The molecule has 1 heterocycles. The van der Waals surface area contributed by atoms with E-state index in [1.807, 2.05) is 0 Å². The first-order valence-electron chi connectivity index (χ1n) is 7.21. The fourth-order valence-electron chi connectivity index (χ4n) is 2.29. The van der Waals surface area contributed by atoms with Crippen molar-refractivity contribution < 1.29 is 22.7 Å². The summed E-state index contributed by atoms with van der Waals surface area (Å²) in [6.07, 6.45) is 0. The van der Waals surface area contributed by atoms with Crippen molar-refractivity contribution in [1.29, 1.82) is 0 Å². The van der Waals surface area contributed by atoms with Crippen LogP contribution in [-0.2, 0) is 10.0 Å². The number of carbonyl (C=O) groups is 1. The summed E-state index contributed by atoms with van der Waals surface area (Å²) in [5, 5.41) is 2.68. The first kappa shape index (κ1) is 16.1. The molecule has 0 fully saturated rings. The van der Waals surface area contributed by atoms with Gasteiger partial charge in [-0.25, -0.2) is 8.42 Å². The topological polar surface area (TPSA) is 93.7 Å². The number of nitrogens with one attached hydrogen (secondary N) is 2. The quantitative estimate of drug-likeness (QED) is 0.876. The molecule has 1 aliphatic heterocycles. The van der Waals surface area contributed by atoms with Gasteiger partial charge in [-0.2, -0.15) is 0 Å². The van der Waals surface area contributed by atoms with Crippen LogP contribution in [0, 0.1) is 0 Å². The van der Waals surface area contributed by atoms with Gasteiger partial charge in [0.2, 0.25) is 0 Å². The molecule has 2 N–H and O–H groups in total. The molecule has 2 aromatic rings. The highest BCUT2D eigenvalue weighted by molar-refractivity contribution is 7.92.